The van der Waals surface area contributed by atoms with E-state index in [4.69, 9.17) is 9.15 Å². The van der Waals surface area contributed by atoms with Gasteiger partial charge >= 0.3 is 11.6 Å². The number of hydrogen-bond acceptors (Lipinski definition) is 6. The molecule has 2 heterocycles. The fraction of sp³-hybridized carbons (Fsp3) is 0.333. The van der Waals surface area contributed by atoms with Gasteiger partial charge in [-0.1, -0.05) is 30.3 Å². The number of carbonyl (C=O) groups is 1. The standard InChI is InChI=1S/C24H25NO5/c1-2-29-24(28)17-8-10-25(11-9-17)15-18-12-23(27)30-22-14-19(21(26)13-20(18)22)16-6-4-3-5-7-16/h3-7,12-14,17,26H,2,8-11,15H2,1H3. The van der Waals surface area contributed by atoms with Crippen molar-refractivity contribution in [3.63, 3.8) is 0 Å². The van der Waals surface area contributed by atoms with Crippen molar-refractivity contribution in [3.05, 3.63) is 64.5 Å². The Balaban J connectivity index is 1.59. The van der Waals surface area contributed by atoms with Crippen molar-refractivity contribution in [2.24, 2.45) is 5.92 Å². The molecule has 0 saturated carbocycles. The zero-order valence-corrected chi connectivity index (χ0v) is 17.0. The Hall–Kier alpha value is -3.12. The predicted molar refractivity (Wildman–Crippen MR) is 114 cm³/mol. The van der Waals surface area contributed by atoms with Crippen LogP contribution < -0.4 is 5.63 Å². The number of rotatable bonds is 5. The van der Waals surface area contributed by atoms with Gasteiger partial charge in [0.25, 0.3) is 0 Å². The maximum absolute atomic E-state index is 12.2. The molecular formula is C24H25NO5. The maximum Gasteiger partial charge on any atom is 0.336 e. The van der Waals surface area contributed by atoms with Crippen molar-refractivity contribution < 1.29 is 19.1 Å². The molecule has 0 bridgehead atoms. The number of hydrogen-bond donors (Lipinski definition) is 1. The number of esters is 1. The summed E-state index contributed by atoms with van der Waals surface area (Å²) in [6.07, 6.45) is 1.48. The molecule has 0 spiro atoms. The molecule has 156 valence electrons. The SMILES string of the molecule is CCOC(=O)C1CCN(Cc2cc(=O)oc3cc(-c4ccccc4)c(O)cc23)CC1. The van der Waals surface area contributed by atoms with Crippen LogP contribution in [-0.2, 0) is 16.1 Å². The number of benzene rings is 2. The molecule has 0 radical (unpaired) electrons. The summed E-state index contributed by atoms with van der Waals surface area (Å²) in [4.78, 5) is 26.3. The molecule has 1 aliphatic rings. The van der Waals surface area contributed by atoms with Gasteiger partial charge in [-0.3, -0.25) is 9.69 Å². The highest BCUT2D eigenvalue weighted by molar-refractivity contribution is 5.88. The van der Waals surface area contributed by atoms with E-state index in [1.54, 1.807) is 12.1 Å². The highest BCUT2D eigenvalue weighted by Crippen LogP contribution is 2.34. The van der Waals surface area contributed by atoms with Crippen LogP contribution >= 0.6 is 0 Å². The van der Waals surface area contributed by atoms with Crippen molar-refractivity contribution >= 4 is 16.9 Å². The molecule has 3 aromatic rings. The first-order valence-electron chi connectivity index (χ1n) is 10.3. The lowest BCUT2D eigenvalue weighted by Crippen LogP contribution is -2.36. The molecule has 0 atom stereocenters. The van der Waals surface area contributed by atoms with Gasteiger partial charge in [-0.25, -0.2) is 4.79 Å². The third-order valence-electron chi connectivity index (χ3n) is 5.63. The summed E-state index contributed by atoms with van der Waals surface area (Å²) in [5.41, 5.74) is 2.33. The number of ether oxygens (including phenoxy) is 1. The van der Waals surface area contributed by atoms with Crippen LogP contribution in [0, 0.1) is 5.92 Å². The molecule has 0 amide bonds. The summed E-state index contributed by atoms with van der Waals surface area (Å²) in [5, 5.41) is 11.3. The van der Waals surface area contributed by atoms with Gasteiger partial charge in [0.15, 0.2) is 0 Å². The number of fused-ring (bicyclic) bond motifs is 1. The summed E-state index contributed by atoms with van der Waals surface area (Å²) in [6.45, 7) is 4.28. The first-order valence-corrected chi connectivity index (χ1v) is 10.3. The zero-order valence-electron chi connectivity index (χ0n) is 17.0. The molecular weight excluding hydrogens is 382 g/mol. The van der Waals surface area contributed by atoms with E-state index >= 15 is 0 Å². The first kappa shape index (κ1) is 20.2. The fourth-order valence-corrected chi connectivity index (χ4v) is 4.07. The van der Waals surface area contributed by atoms with Gasteiger partial charge in [0.1, 0.15) is 11.3 Å². The second-order valence-electron chi connectivity index (χ2n) is 7.62. The highest BCUT2D eigenvalue weighted by Gasteiger charge is 2.26. The van der Waals surface area contributed by atoms with Gasteiger partial charge < -0.3 is 14.3 Å². The summed E-state index contributed by atoms with van der Waals surface area (Å²) >= 11 is 0. The largest absolute Gasteiger partial charge is 0.507 e. The number of nitrogens with zero attached hydrogens (tertiary/aromatic N) is 1. The zero-order chi connectivity index (χ0) is 21.1. The van der Waals surface area contributed by atoms with Gasteiger partial charge in [-0.15, -0.1) is 0 Å². The van der Waals surface area contributed by atoms with E-state index in [9.17, 15) is 14.7 Å². The van der Waals surface area contributed by atoms with Crippen molar-refractivity contribution in [1.29, 1.82) is 0 Å². The topological polar surface area (TPSA) is 80.0 Å². The summed E-state index contributed by atoms with van der Waals surface area (Å²) in [7, 11) is 0. The van der Waals surface area contributed by atoms with E-state index in [0.717, 1.165) is 42.4 Å². The normalized spacial score (nSPS) is 15.4. The van der Waals surface area contributed by atoms with Crippen LogP contribution in [-0.4, -0.2) is 35.7 Å². The average Bonchev–Trinajstić information content (AvgIpc) is 2.75. The Bertz CT molecular complexity index is 1100. The Morgan fingerprint density at radius 2 is 1.90 bits per heavy atom. The smallest absolute Gasteiger partial charge is 0.336 e. The van der Waals surface area contributed by atoms with E-state index in [1.807, 2.05) is 37.3 Å². The van der Waals surface area contributed by atoms with Crippen molar-refractivity contribution in [1.82, 2.24) is 4.90 Å². The van der Waals surface area contributed by atoms with Crippen LogP contribution in [0.4, 0.5) is 0 Å². The molecule has 0 unspecified atom stereocenters. The Labute approximate surface area is 174 Å². The molecule has 1 N–H and O–H groups in total. The van der Waals surface area contributed by atoms with Gasteiger partial charge in [-0.2, -0.15) is 0 Å². The third kappa shape index (κ3) is 4.24. The minimum atomic E-state index is -0.413. The molecule has 2 aromatic carbocycles. The van der Waals surface area contributed by atoms with Crippen molar-refractivity contribution in [3.8, 4) is 16.9 Å². The molecule has 1 fully saturated rings. The molecule has 1 aromatic heterocycles. The van der Waals surface area contributed by atoms with Crippen LogP contribution in [0.1, 0.15) is 25.3 Å². The minimum absolute atomic E-state index is 0.0590. The lowest BCUT2D eigenvalue weighted by atomic mass is 9.96. The van der Waals surface area contributed by atoms with Crippen LogP contribution in [0.25, 0.3) is 22.1 Å². The molecule has 0 aliphatic carbocycles. The number of piperidine rings is 1. The summed E-state index contributed by atoms with van der Waals surface area (Å²) < 4.78 is 10.6. The maximum atomic E-state index is 12.2. The number of carbonyl (C=O) groups excluding carboxylic acids is 1. The quantitative estimate of drug-likeness (QED) is 0.510. The number of likely N-dealkylation sites (tertiary alicyclic amines) is 1. The molecule has 6 heteroatoms. The Morgan fingerprint density at radius 3 is 2.60 bits per heavy atom. The van der Waals surface area contributed by atoms with Crippen LogP contribution in [0.3, 0.4) is 0 Å². The van der Waals surface area contributed by atoms with Gasteiger partial charge in [-0.05, 0) is 56.1 Å². The van der Waals surface area contributed by atoms with Gasteiger partial charge in [0.2, 0.25) is 0 Å². The molecule has 4 rings (SSSR count). The second kappa shape index (κ2) is 8.71. The summed E-state index contributed by atoms with van der Waals surface area (Å²) in [6, 6.07) is 14.4. The van der Waals surface area contributed by atoms with E-state index in [1.165, 1.54) is 6.07 Å². The molecule has 1 saturated heterocycles. The van der Waals surface area contributed by atoms with Crippen LogP contribution in [0.2, 0.25) is 0 Å². The molecule has 6 nitrogen and oxygen atoms in total. The number of phenolic OH excluding ortho intramolecular Hbond substituents is 1. The molecule has 1 aliphatic heterocycles. The van der Waals surface area contributed by atoms with Crippen molar-refractivity contribution in [2.75, 3.05) is 19.7 Å². The lowest BCUT2D eigenvalue weighted by molar-refractivity contribution is -0.149. The van der Waals surface area contributed by atoms with Gasteiger partial charge in [0.05, 0.1) is 12.5 Å². The monoisotopic (exact) mass is 407 g/mol. The Kier molecular flexibility index (Phi) is 5.86. The van der Waals surface area contributed by atoms with E-state index in [-0.39, 0.29) is 17.6 Å². The number of aromatic hydroxyl groups is 1. The Morgan fingerprint density at radius 1 is 1.17 bits per heavy atom. The van der Waals surface area contributed by atoms with E-state index in [0.29, 0.717) is 24.3 Å². The van der Waals surface area contributed by atoms with Gasteiger partial charge in [0, 0.05) is 23.6 Å². The van der Waals surface area contributed by atoms with Crippen LogP contribution in [0.15, 0.2) is 57.7 Å². The third-order valence-corrected chi connectivity index (χ3v) is 5.63. The van der Waals surface area contributed by atoms with E-state index in [2.05, 4.69) is 4.90 Å². The minimum Gasteiger partial charge on any atom is -0.507 e. The van der Waals surface area contributed by atoms with Crippen molar-refractivity contribution in [2.45, 2.75) is 26.3 Å². The predicted octanol–water partition coefficient (Wildman–Crippen LogP) is 3.94. The first-order chi connectivity index (χ1) is 14.5. The second-order valence-corrected chi connectivity index (χ2v) is 7.62. The van der Waals surface area contributed by atoms with Crippen LogP contribution in [0.5, 0.6) is 5.75 Å². The fourth-order valence-electron chi connectivity index (χ4n) is 4.07. The lowest BCUT2D eigenvalue weighted by Gasteiger charge is -2.31. The highest BCUT2D eigenvalue weighted by atomic mass is 16.5. The van der Waals surface area contributed by atoms with E-state index < -0.39 is 5.63 Å². The average molecular weight is 407 g/mol. The summed E-state index contributed by atoms with van der Waals surface area (Å²) in [5.74, 6) is -0.0394. The number of phenols is 1. The molecule has 30 heavy (non-hydrogen) atoms.